The van der Waals surface area contributed by atoms with Crippen LogP contribution in [0, 0.1) is 5.92 Å². The van der Waals surface area contributed by atoms with Gasteiger partial charge in [0, 0.05) is 19.0 Å². The largest absolute Gasteiger partial charge is 0.481 e. The lowest BCUT2D eigenvalue weighted by molar-refractivity contribution is -0.137. The number of amides is 1. The van der Waals surface area contributed by atoms with E-state index in [0.717, 1.165) is 70.3 Å². The molecular formula is C22H41NO4. The van der Waals surface area contributed by atoms with Crippen molar-refractivity contribution in [2.75, 3.05) is 6.54 Å². The predicted molar refractivity (Wildman–Crippen MR) is 109 cm³/mol. The fourth-order valence-electron chi connectivity index (χ4n) is 3.74. The van der Waals surface area contributed by atoms with Gasteiger partial charge in [0.05, 0.1) is 0 Å². The van der Waals surface area contributed by atoms with Crippen molar-refractivity contribution in [1.82, 2.24) is 4.90 Å². The molecule has 0 unspecified atom stereocenters. The van der Waals surface area contributed by atoms with Gasteiger partial charge in [-0.3, -0.25) is 4.79 Å². The average Bonchev–Trinajstić information content (AvgIpc) is 2.56. The molecule has 0 aromatic carbocycles. The van der Waals surface area contributed by atoms with Gasteiger partial charge in [-0.05, 0) is 65.2 Å². The van der Waals surface area contributed by atoms with Gasteiger partial charge in [-0.2, -0.15) is 0 Å². The van der Waals surface area contributed by atoms with Gasteiger partial charge in [-0.15, -0.1) is 0 Å². The maximum Gasteiger partial charge on any atom is 0.410 e. The minimum Gasteiger partial charge on any atom is -0.481 e. The van der Waals surface area contributed by atoms with Crippen LogP contribution in [-0.4, -0.2) is 40.3 Å². The van der Waals surface area contributed by atoms with Crippen molar-refractivity contribution in [3.8, 4) is 0 Å². The number of rotatable bonds is 11. The topological polar surface area (TPSA) is 66.8 Å². The Balaban J connectivity index is 2.32. The predicted octanol–water partition coefficient (Wildman–Crippen LogP) is 6.01. The molecule has 5 nitrogen and oxygen atoms in total. The number of unbranched alkanes of at least 4 members (excludes halogenated alkanes) is 6. The summed E-state index contributed by atoms with van der Waals surface area (Å²) in [4.78, 5) is 25.2. The number of aliphatic carboxylic acids is 1. The van der Waals surface area contributed by atoms with Crippen LogP contribution in [0.5, 0.6) is 0 Å². The van der Waals surface area contributed by atoms with Crippen molar-refractivity contribution in [1.29, 1.82) is 0 Å². The molecule has 0 heterocycles. The number of hydrogen-bond acceptors (Lipinski definition) is 3. The van der Waals surface area contributed by atoms with Crippen molar-refractivity contribution in [2.45, 2.75) is 116 Å². The zero-order valence-electron chi connectivity index (χ0n) is 18.0. The quantitative estimate of drug-likeness (QED) is 0.444. The lowest BCUT2D eigenvalue weighted by atomic mass is 9.86. The molecule has 1 rings (SSSR count). The smallest absolute Gasteiger partial charge is 0.410 e. The highest BCUT2D eigenvalue weighted by Gasteiger charge is 2.30. The molecule has 0 spiro atoms. The van der Waals surface area contributed by atoms with Crippen LogP contribution in [-0.2, 0) is 9.53 Å². The number of carboxylic acids is 1. The Kier molecular flexibility index (Phi) is 10.8. The maximum absolute atomic E-state index is 12.7. The molecule has 1 saturated carbocycles. The van der Waals surface area contributed by atoms with Crippen molar-refractivity contribution >= 4 is 12.1 Å². The Morgan fingerprint density at radius 1 is 0.926 bits per heavy atom. The van der Waals surface area contributed by atoms with Crippen LogP contribution in [0.25, 0.3) is 0 Å². The van der Waals surface area contributed by atoms with E-state index < -0.39 is 11.6 Å². The molecule has 0 bridgehead atoms. The normalized spacial score (nSPS) is 20.3. The van der Waals surface area contributed by atoms with E-state index in [4.69, 9.17) is 9.84 Å². The van der Waals surface area contributed by atoms with Crippen LogP contribution in [0.1, 0.15) is 105 Å². The molecule has 5 heteroatoms. The number of carbonyl (C=O) groups excluding carboxylic acids is 1. The lowest BCUT2D eigenvalue weighted by Crippen LogP contribution is -2.45. The summed E-state index contributed by atoms with van der Waals surface area (Å²) in [5, 5.41) is 8.63. The Labute approximate surface area is 165 Å². The third-order valence-electron chi connectivity index (χ3n) is 5.34. The first kappa shape index (κ1) is 23.8. The molecule has 1 aliphatic rings. The van der Waals surface area contributed by atoms with E-state index in [1.165, 1.54) is 12.8 Å². The first-order valence-corrected chi connectivity index (χ1v) is 10.9. The average molecular weight is 384 g/mol. The second-order valence-electron chi connectivity index (χ2n) is 9.21. The van der Waals surface area contributed by atoms with Crippen LogP contribution in [0.2, 0.25) is 0 Å². The summed E-state index contributed by atoms with van der Waals surface area (Å²) in [6.45, 7) is 8.86. The van der Waals surface area contributed by atoms with Crippen LogP contribution < -0.4 is 0 Å². The van der Waals surface area contributed by atoms with E-state index in [1.807, 2.05) is 25.7 Å². The third kappa shape index (κ3) is 11.2. The molecule has 0 radical (unpaired) electrons. The van der Waals surface area contributed by atoms with Gasteiger partial charge < -0.3 is 14.7 Å². The zero-order chi connectivity index (χ0) is 20.3. The summed E-state index contributed by atoms with van der Waals surface area (Å²) in [7, 11) is 0. The minimum absolute atomic E-state index is 0.157. The van der Waals surface area contributed by atoms with Crippen LogP contribution in [0.4, 0.5) is 4.79 Å². The summed E-state index contributed by atoms with van der Waals surface area (Å²) in [5.74, 6) is 0.0669. The fourth-order valence-corrected chi connectivity index (χ4v) is 3.74. The van der Waals surface area contributed by atoms with Crippen molar-refractivity contribution in [3.05, 3.63) is 0 Å². The highest BCUT2D eigenvalue weighted by atomic mass is 16.6. The van der Waals surface area contributed by atoms with E-state index in [1.54, 1.807) is 0 Å². The molecule has 1 fully saturated rings. The summed E-state index contributed by atoms with van der Waals surface area (Å²) in [6.07, 6.45) is 12.0. The zero-order valence-corrected chi connectivity index (χ0v) is 18.0. The molecule has 0 atom stereocenters. The Morgan fingerprint density at radius 3 is 1.96 bits per heavy atom. The summed E-state index contributed by atoms with van der Waals surface area (Å²) < 4.78 is 5.66. The highest BCUT2D eigenvalue weighted by Crippen LogP contribution is 2.28. The van der Waals surface area contributed by atoms with Crippen molar-refractivity contribution < 1.29 is 19.4 Å². The molecule has 0 aromatic heterocycles. The Bertz CT molecular complexity index is 436. The molecule has 0 aromatic rings. The molecule has 158 valence electrons. The summed E-state index contributed by atoms with van der Waals surface area (Å²) in [6, 6.07) is 0.326. The molecule has 1 N–H and O–H groups in total. The fraction of sp³-hybridized carbons (Fsp3) is 0.909. The SMILES string of the molecule is CC(C)(C)OC(=O)N(CCCCCCCCCC(=O)O)[C@H]1CC[C@@H](C)CC1. The summed E-state index contributed by atoms with van der Waals surface area (Å²) >= 11 is 0. The summed E-state index contributed by atoms with van der Waals surface area (Å²) in [5.41, 5.74) is -0.451. The molecule has 0 aliphatic heterocycles. The molecule has 27 heavy (non-hydrogen) atoms. The van der Waals surface area contributed by atoms with Gasteiger partial charge >= 0.3 is 12.1 Å². The van der Waals surface area contributed by atoms with E-state index in [0.29, 0.717) is 6.04 Å². The van der Waals surface area contributed by atoms with E-state index in [9.17, 15) is 9.59 Å². The number of carbonyl (C=O) groups is 2. The number of nitrogens with zero attached hydrogens (tertiary/aromatic N) is 1. The van der Waals surface area contributed by atoms with Crippen LogP contribution in [0.15, 0.2) is 0 Å². The van der Waals surface area contributed by atoms with Crippen molar-refractivity contribution in [3.63, 3.8) is 0 Å². The lowest BCUT2D eigenvalue weighted by Gasteiger charge is -2.37. The van der Waals surface area contributed by atoms with E-state index in [2.05, 4.69) is 6.92 Å². The van der Waals surface area contributed by atoms with Gasteiger partial charge in [0.15, 0.2) is 0 Å². The standard InChI is InChI=1S/C22H41NO4/c1-18-13-15-19(16-14-18)23(21(26)27-22(2,3)4)17-11-9-7-5-6-8-10-12-20(24)25/h18-19H,5-17H2,1-4H3,(H,24,25)/t18-,19+. The molecule has 0 saturated heterocycles. The molecule has 1 amide bonds. The first-order chi connectivity index (χ1) is 12.7. The number of carboxylic acid groups (broad SMARTS) is 1. The van der Waals surface area contributed by atoms with E-state index >= 15 is 0 Å². The van der Waals surface area contributed by atoms with Crippen molar-refractivity contribution in [2.24, 2.45) is 5.92 Å². The van der Waals surface area contributed by atoms with Gasteiger partial charge in [0.1, 0.15) is 5.60 Å². The number of hydrogen-bond donors (Lipinski definition) is 1. The minimum atomic E-state index is -0.700. The highest BCUT2D eigenvalue weighted by molar-refractivity contribution is 5.68. The van der Waals surface area contributed by atoms with Gasteiger partial charge in [-0.25, -0.2) is 4.79 Å². The maximum atomic E-state index is 12.7. The first-order valence-electron chi connectivity index (χ1n) is 10.9. The van der Waals surface area contributed by atoms with Crippen LogP contribution in [0.3, 0.4) is 0 Å². The second kappa shape index (κ2) is 12.2. The monoisotopic (exact) mass is 383 g/mol. The van der Waals surface area contributed by atoms with Gasteiger partial charge in [-0.1, -0.05) is 39.0 Å². The van der Waals surface area contributed by atoms with Crippen LogP contribution >= 0.6 is 0 Å². The second-order valence-corrected chi connectivity index (χ2v) is 9.21. The Hall–Kier alpha value is -1.26. The molecular weight excluding hydrogens is 342 g/mol. The number of ether oxygens (including phenoxy) is 1. The van der Waals surface area contributed by atoms with Gasteiger partial charge in [0.2, 0.25) is 0 Å². The Morgan fingerprint density at radius 2 is 1.44 bits per heavy atom. The third-order valence-corrected chi connectivity index (χ3v) is 5.34. The van der Waals surface area contributed by atoms with Gasteiger partial charge in [0.25, 0.3) is 0 Å². The van der Waals surface area contributed by atoms with E-state index in [-0.39, 0.29) is 12.5 Å². The molecule has 1 aliphatic carbocycles.